The summed E-state index contributed by atoms with van der Waals surface area (Å²) in [6, 6.07) is 0. The van der Waals surface area contributed by atoms with Crippen LogP contribution in [-0.2, 0) is 11.2 Å². The Kier molecular flexibility index (Phi) is 9.42. The van der Waals surface area contributed by atoms with Crippen molar-refractivity contribution in [3.05, 3.63) is 28.7 Å². The average molecular weight is 320 g/mol. The largest absolute Gasteiger partial charge is 0.481 e. The zero-order chi connectivity index (χ0) is 17.1. The zero-order valence-corrected chi connectivity index (χ0v) is 15.0. The van der Waals surface area contributed by atoms with Gasteiger partial charge in [-0.15, -0.1) is 0 Å². The molecular weight excluding hydrogens is 288 g/mol. The standard InChI is InChI=1S/C20H32O3/c1-4-13-18-16(2)17(3)19(23-18)14-11-9-7-5-6-8-10-12-15-20(21)22/h4,13H,5-12,14-15H2,1-3H3,(H,21,22). The molecule has 0 radical (unpaired) electrons. The lowest BCUT2D eigenvalue weighted by atomic mass is 10.0. The number of aliphatic carboxylic acids is 1. The van der Waals surface area contributed by atoms with E-state index in [2.05, 4.69) is 13.8 Å². The molecule has 130 valence electrons. The Morgan fingerprint density at radius 3 is 2.09 bits per heavy atom. The first-order valence-corrected chi connectivity index (χ1v) is 8.99. The fourth-order valence-corrected chi connectivity index (χ4v) is 2.85. The zero-order valence-electron chi connectivity index (χ0n) is 15.0. The van der Waals surface area contributed by atoms with E-state index in [1.807, 2.05) is 19.1 Å². The minimum absolute atomic E-state index is 0.317. The van der Waals surface area contributed by atoms with Gasteiger partial charge >= 0.3 is 5.97 Å². The quantitative estimate of drug-likeness (QED) is 0.476. The number of carboxylic acids is 1. The normalized spacial score (nSPS) is 11.4. The molecule has 23 heavy (non-hydrogen) atoms. The maximum absolute atomic E-state index is 10.4. The molecular formula is C20H32O3. The number of hydrogen-bond donors (Lipinski definition) is 1. The predicted octanol–water partition coefficient (Wildman–Crippen LogP) is 6.07. The lowest BCUT2D eigenvalue weighted by molar-refractivity contribution is -0.137. The molecule has 1 heterocycles. The smallest absolute Gasteiger partial charge is 0.303 e. The average Bonchev–Trinajstić information content (AvgIpc) is 2.77. The molecule has 0 saturated carbocycles. The Morgan fingerprint density at radius 1 is 0.957 bits per heavy atom. The summed E-state index contributed by atoms with van der Waals surface area (Å²) in [6.07, 6.45) is 14.6. The molecule has 0 spiro atoms. The highest BCUT2D eigenvalue weighted by Crippen LogP contribution is 2.24. The number of rotatable bonds is 12. The molecule has 1 aromatic heterocycles. The Labute approximate surface area is 140 Å². The van der Waals surface area contributed by atoms with Crippen molar-refractivity contribution in [1.82, 2.24) is 0 Å². The molecule has 3 heteroatoms. The minimum atomic E-state index is -0.675. The molecule has 0 bridgehead atoms. The molecule has 0 aromatic carbocycles. The minimum Gasteiger partial charge on any atom is -0.481 e. The van der Waals surface area contributed by atoms with E-state index in [0.29, 0.717) is 6.42 Å². The van der Waals surface area contributed by atoms with Crippen LogP contribution in [0.5, 0.6) is 0 Å². The van der Waals surface area contributed by atoms with Gasteiger partial charge in [0.1, 0.15) is 11.5 Å². The fraction of sp³-hybridized carbons (Fsp3) is 0.650. The van der Waals surface area contributed by atoms with Crippen molar-refractivity contribution >= 4 is 12.0 Å². The molecule has 0 fully saturated rings. The van der Waals surface area contributed by atoms with Crippen molar-refractivity contribution in [2.24, 2.45) is 0 Å². The van der Waals surface area contributed by atoms with E-state index in [1.165, 1.54) is 43.2 Å². The highest BCUT2D eigenvalue weighted by Gasteiger charge is 2.10. The van der Waals surface area contributed by atoms with E-state index in [4.69, 9.17) is 9.52 Å². The molecule has 0 aliphatic carbocycles. The van der Waals surface area contributed by atoms with Crippen molar-refractivity contribution in [1.29, 1.82) is 0 Å². The van der Waals surface area contributed by atoms with Crippen LogP contribution in [0.15, 0.2) is 10.5 Å². The second-order valence-electron chi connectivity index (χ2n) is 6.36. The summed E-state index contributed by atoms with van der Waals surface area (Å²) in [5.74, 6) is 1.47. The van der Waals surface area contributed by atoms with Gasteiger partial charge in [-0.3, -0.25) is 4.79 Å². The molecule has 0 amide bonds. The van der Waals surface area contributed by atoms with E-state index < -0.39 is 5.97 Å². The van der Waals surface area contributed by atoms with Crippen molar-refractivity contribution < 1.29 is 14.3 Å². The number of allylic oxidation sites excluding steroid dienone is 1. The summed E-state index contributed by atoms with van der Waals surface area (Å²) in [5.41, 5.74) is 2.57. The van der Waals surface area contributed by atoms with Crippen LogP contribution < -0.4 is 0 Å². The fourth-order valence-electron chi connectivity index (χ4n) is 2.85. The van der Waals surface area contributed by atoms with Gasteiger partial charge < -0.3 is 9.52 Å². The molecule has 1 N–H and O–H groups in total. The molecule has 1 rings (SSSR count). The summed E-state index contributed by atoms with van der Waals surface area (Å²) in [7, 11) is 0. The van der Waals surface area contributed by atoms with E-state index in [-0.39, 0.29) is 0 Å². The molecule has 1 aromatic rings. The molecule has 0 aliphatic rings. The highest BCUT2D eigenvalue weighted by molar-refractivity contribution is 5.66. The first-order chi connectivity index (χ1) is 11.1. The first-order valence-electron chi connectivity index (χ1n) is 8.99. The summed E-state index contributed by atoms with van der Waals surface area (Å²) < 4.78 is 5.94. The van der Waals surface area contributed by atoms with Gasteiger partial charge in [0.2, 0.25) is 0 Å². The van der Waals surface area contributed by atoms with Gasteiger partial charge in [-0.05, 0) is 50.8 Å². The number of unbranched alkanes of at least 4 members (excludes halogenated alkanes) is 7. The Hall–Kier alpha value is -1.51. The van der Waals surface area contributed by atoms with Crippen LogP contribution in [0.1, 0.15) is 87.4 Å². The molecule has 0 atom stereocenters. The van der Waals surface area contributed by atoms with Crippen LogP contribution in [0.25, 0.3) is 6.08 Å². The molecule has 0 unspecified atom stereocenters. The van der Waals surface area contributed by atoms with Crippen LogP contribution in [0.3, 0.4) is 0 Å². The van der Waals surface area contributed by atoms with Crippen LogP contribution in [0.2, 0.25) is 0 Å². The summed E-state index contributed by atoms with van der Waals surface area (Å²) in [4.78, 5) is 10.4. The van der Waals surface area contributed by atoms with E-state index in [1.54, 1.807) is 0 Å². The van der Waals surface area contributed by atoms with E-state index in [0.717, 1.165) is 37.2 Å². The lowest BCUT2D eigenvalue weighted by Crippen LogP contribution is -1.93. The number of aryl methyl sites for hydroxylation is 1. The van der Waals surface area contributed by atoms with Crippen LogP contribution in [0.4, 0.5) is 0 Å². The molecule has 0 saturated heterocycles. The monoisotopic (exact) mass is 320 g/mol. The second-order valence-corrected chi connectivity index (χ2v) is 6.36. The van der Waals surface area contributed by atoms with Gasteiger partial charge in [-0.25, -0.2) is 0 Å². The summed E-state index contributed by atoms with van der Waals surface area (Å²) in [6.45, 7) is 6.29. The van der Waals surface area contributed by atoms with Crippen molar-refractivity contribution in [2.45, 2.75) is 85.0 Å². The van der Waals surface area contributed by atoms with Crippen LogP contribution in [0, 0.1) is 13.8 Å². The van der Waals surface area contributed by atoms with Gasteiger partial charge in [-0.2, -0.15) is 0 Å². The SMILES string of the molecule is CC=Cc1oc(CCCCCCCCCCC(=O)O)c(C)c1C. The highest BCUT2D eigenvalue weighted by atomic mass is 16.4. The Bertz CT molecular complexity index is 497. The van der Waals surface area contributed by atoms with Crippen LogP contribution >= 0.6 is 0 Å². The van der Waals surface area contributed by atoms with E-state index >= 15 is 0 Å². The number of hydrogen-bond acceptors (Lipinski definition) is 2. The van der Waals surface area contributed by atoms with Gasteiger partial charge in [0, 0.05) is 12.8 Å². The second kappa shape index (κ2) is 11.1. The molecule has 3 nitrogen and oxygen atoms in total. The van der Waals surface area contributed by atoms with E-state index in [9.17, 15) is 4.79 Å². The molecule has 0 aliphatic heterocycles. The third-order valence-corrected chi connectivity index (χ3v) is 4.45. The van der Waals surface area contributed by atoms with Gasteiger partial charge in [0.05, 0.1) is 0 Å². The predicted molar refractivity (Wildman–Crippen MR) is 95.8 cm³/mol. The third-order valence-electron chi connectivity index (χ3n) is 4.45. The number of carboxylic acid groups (broad SMARTS) is 1. The lowest BCUT2D eigenvalue weighted by Gasteiger charge is -2.02. The van der Waals surface area contributed by atoms with Crippen LogP contribution in [-0.4, -0.2) is 11.1 Å². The van der Waals surface area contributed by atoms with Crippen molar-refractivity contribution in [2.75, 3.05) is 0 Å². The number of furan rings is 1. The summed E-state index contributed by atoms with van der Waals surface area (Å²) >= 11 is 0. The van der Waals surface area contributed by atoms with Gasteiger partial charge in [0.15, 0.2) is 0 Å². The third kappa shape index (κ3) is 7.54. The Balaban J connectivity index is 2.09. The first kappa shape index (κ1) is 19.5. The maximum Gasteiger partial charge on any atom is 0.303 e. The number of carbonyl (C=O) groups is 1. The summed E-state index contributed by atoms with van der Waals surface area (Å²) in [5, 5.41) is 8.56. The van der Waals surface area contributed by atoms with Crippen molar-refractivity contribution in [3.63, 3.8) is 0 Å². The topological polar surface area (TPSA) is 50.4 Å². The van der Waals surface area contributed by atoms with Gasteiger partial charge in [0.25, 0.3) is 0 Å². The maximum atomic E-state index is 10.4. The Morgan fingerprint density at radius 2 is 1.52 bits per heavy atom. The van der Waals surface area contributed by atoms with Crippen molar-refractivity contribution in [3.8, 4) is 0 Å². The van der Waals surface area contributed by atoms with Gasteiger partial charge in [-0.1, -0.05) is 44.6 Å².